The molecule has 4 aliphatic carbocycles. The molecule has 4 aliphatic rings. The molecule has 12 heterocycles. The highest BCUT2D eigenvalue weighted by Crippen LogP contribution is 2.34. The molecule has 12 aromatic heterocycles. The molecule has 31 nitrogen and oxygen atoms in total. The van der Waals surface area contributed by atoms with Crippen LogP contribution in [-0.4, -0.2) is 148 Å². The zero-order valence-corrected chi connectivity index (χ0v) is 76.6. The first-order valence-corrected chi connectivity index (χ1v) is 44.4. The lowest BCUT2D eigenvalue weighted by Gasteiger charge is -2.26. The second kappa shape index (κ2) is 40.7. The molecule has 18 aromatic rings. The van der Waals surface area contributed by atoms with Crippen LogP contribution in [0.15, 0.2) is 159 Å². The minimum atomic E-state index is -0.622. The summed E-state index contributed by atoms with van der Waals surface area (Å²) in [5, 5.41) is 47.8. The molecule has 0 spiro atoms. The average molecular weight is 1860 g/mol. The van der Waals surface area contributed by atoms with Crippen molar-refractivity contribution in [3.8, 4) is 6.01 Å². The SMILES string of the molecule is C.C.CCOc1nc2nc(C)cc(Nc3cc(F)c(C)c(F)c3)n2n1.Cc1cc(NC2CCc3cc(Cl)ccc3C2)n2ncnc2n1.Cc1cc(NC2CCc3cc(F)ccc3C2)n2ncnc2n1.Cc1cc(NC2Cc3cc(C)c(Cl)cc3C2)n2ncnc2n1.Cc1cc(NC2Cc3cc(C)c(F)cc3C2)n2ncnc2n1.Cc1ccc(Nc2cc(C)nc3nc(C(C)C)nn23)cc1. The van der Waals surface area contributed by atoms with Crippen LogP contribution in [0.5, 0.6) is 6.01 Å². The second-order valence-electron chi connectivity index (χ2n) is 33.9. The standard InChI is InChI=1S/2C16H16ClN5.2C16H16FN5.C16H19N5.C15H15F2N5O.2CH4/c1-9-3-11-5-13(6-12(11)7-14(9)17)21-15-4-10(2)20-16-18-8-19-22(15)16;1-10-6-15(22-16(20-10)18-9-19-22)21-14-5-3-11-7-13(17)4-2-12(11)8-14;1-9-3-11-5-13(6-12(11)7-14(9)17)21-15-4-10(2)20-16-18-8-19-22(15)16;1-10-6-15(22-16(20-10)18-9-19-22)21-14-5-3-11-7-13(17)4-2-12(11)8-14;1-10(2)15-19-16-17-12(4)9-14(21(16)20-15)18-13-7-5-11(3)6-8-13;1-4-23-15-20-14-18-8(2)5-13(22(14)21-15)19-10-6-11(16)9(3)12(17)7-10;;/h3-4,7-8,13,21H,5-6H2,1-2H3;2,4,6-7,9,14,21H,3,5,8H2,1H3;3-4,7-8,13,21H,5-6H2,1-2H3;2,4,6-7,9,14,21H,3,5,8H2,1H3;5-10,18H,1-4H3;5-7,19H,4H2,1-3H3;2*1H4. The molecule has 37 heteroatoms. The molecular weight excluding hydrogens is 1750 g/mol. The number of aromatic nitrogens is 24. The summed E-state index contributed by atoms with van der Waals surface area (Å²) in [4.78, 5) is 51.3. The molecule has 4 atom stereocenters. The molecule has 0 amide bonds. The summed E-state index contributed by atoms with van der Waals surface area (Å²) in [7, 11) is 0. The Balaban J connectivity index is 0.000000122. The highest BCUT2D eigenvalue weighted by atomic mass is 35.5. The number of rotatable bonds is 15. The van der Waals surface area contributed by atoms with Crippen LogP contribution in [0.1, 0.15) is 161 Å². The van der Waals surface area contributed by atoms with Crippen LogP contribution in [-0.2, 0) is 51.4 Å². The van der Waals surface area contributed by atoms with Crippen molar-refractivity contribution in [2.75, 3.05) is 38.5 Å². The van der Waals surface area contributed by atoms with E-state index in [0.717, 1.165) is 160 Å². The third-order valence-corrected chi connectivity index (χ3v) is 23.7. The van der Waals surface area contributed by atoms with Gasteiger partial charge in [0.1, 0.15) is 83.5 Å². The van der Waals surface area contributed by atoms with Gasteiger partial charge in [-0.2, -0.15) is 77.4 Å². The van der Waals surface area contributed by atoms with E-state index in [4.69, 9.17) is 27.9 Å². The zero-order chi connectivity index (χ0) is 92.3. The fourth-order valence-corrected chi connectivity index (χ4v) is 17.0. The Bertz CT molecular complexity index is 6920. The van der Waals surface area contributed by atoms with Crippen molar-refractivity contribution in [2.24, 2.45) is 0 Å². The largest absolute Gasteiger partial charge is 0.463 e. The van der Waals surface area contributed by atoms with Crippen molar-refractivity contribution in [3.63, 3.8) is 0 Å². The van der Waals surface area contributed by atoms with Gasteiger partial charge in [0.15, 0.2) is 5.82 Å². The van der Waals surface area contributed by atoms with Crippen LogP contribution in [0.4, 0.5) is 63.8 Å². The fraction of sp³-hybridized carbons (Fsp3) is 0.320. The number of benzene rings is 6. The highest BCUT2D eigenvalue weighted by molar-refractivity contribution is 6.31. The Kier molecular flexibility index (Phi) is 28.6. The molecule has 0 bridgehead atoms. The van der Waals surface area contributed by atoms with E-state index in [-0.39, 0.29) is 55.7 Å². The van der Waals surface area contributed by atoms with Gasteiger partial charge in [-0.3, -0.25) is 0 Å². The third kappa shape index (κ3) is 21.8. The van der Waals surface area contributed by atoms with Crippen molar-refractivity contribution < 1.29 is 22.3 Å². The van der Waals surface area contributed by atoms with Gasteiger partial charge in [0, 0.05) is 128 Å². The number of anilines is 8. The van der Waals surface area contributed by atoms with Gasteiger partial charge in [0.2, 0.25) is 0 Å². The van der Waals surface area contributed by atoms with Gasteiger partial charge in [-0.15, -0.1) is 10.2 Å². The smallest absolute Gasteiger partial charge is 0.337 e. The molecule has 0 aliphatic heterocycles. The second-order valence-corrected chi connectivity index (χ2v) is 34.7. The van der Waals surface area contributed by atoms with E-state index < -0.39 is 11.6 Å². The summed E-state index contributed by atoms with van der Waals surface area (Å²) in [6.07, 6.45) is 15.5. The average Bonchev–Trinajstić information content (AvgIpc) is 1.68. The molecule has 0 fully saturated rings. The summed E-state index contributed by atoms with van der Waals surface area (Å²) < 4.78 is 69.7. The van der Waals surface area contributed by atoms with E-state index in [2.05, 4.69) is 199 Å². The van der Waals surface area contributed by atoms with Crippen LogP contribution in [0, 0.1) is 92.5 Å². The molecule has 6 aromatic carbocycles. The van der Waals surface area contributed by atoms with Crippen LogP contribution in [0.2, 0.25) is 10.0 Å². The normalized spacial score (nSPS) is 15.0. The first-order chi connectivity index (χ1) is 63.6. The van der Waals surface area contributed by atoms with Crippen molar-refractivity contribution in [2.45, 2.75) is 199 Å². The van der Waals surface area contributed by atoms with E-state index in [9.17, 15) is 17.6 Å². The van der Waals surface area contributed by atoms with Crippen LogP contribution >= 0.6 is 23.2 Å². The summed E-state index contributed by atoms with van der Waals surface area (Å²) >= 11 is 12.3. The predicted octanol–water partition coefficient (Wildman–Crippen LogP) is 19.1. The monoisotopic (exact) mass is 1850 g/mol. The number of aryl methyl sites for hydroxylation is 11. The molecule has 134 heavy (non-hydrogen) atoms. The van der Waals surface area contributed by atoms with E-state index in [1.807, 2.05) is 97.0 Å². The summed E-state index contributed by atoms with van der Waals surface area (Å²) in [6, 6.07) is 42.9. The maximum atomic E-state index is 13.7. The van der Waals surface area contributed by atoms with Crippen LogP contribution in [0.25, 0.3) is 34.7 Å². The fourth-order valence-electron chi connectivity index (χ4n) is 16.6. The van der Waals surface area contributed by atoms with E-state index in [0.29, 0.717) is 76.5 Å². The number of fused-ring (bicyclic) bond motifs is 10. The predicted molar refractivity (Wildman–Crippen MR) is 514 cm³/mol. The van der Waals surface area contributed by atoms with Crippen LogP contribution < -0.4 is 36.6 Å². The van der Waals surface area contributed by atoms with Crippen molar-refractivity contribution in [1.29, 1.82) is 0 Å². The van der Waals surface area contributed by atoms with E-state index in [1.165, 1.54) is 93.9 Å². The zero-order valence-electron chi connectivity index (χ0n) is 75.1. The van der Waals surface area contributed by atoms with Crippen molar-refractivity contribution in [1.82, 2.24) is 117 Å². The number of halogens is 6. The van der Waals surface area contributed by atoms with Gasteiger partial charge >= 0.3 is 6.01 Å². The lowest BCUT2D eigenvalue weighted by molar-refractivity contribution is 0.313. The lowest BCUT2D eigenvalue weighted by Crippen LogP contribution is -2.28. The van der Waals surface area contributed by atoms with Crippen molar-refractivity contribution in [3.05, 3.63) is 299 Å². The van der Waals surface area contributed by atoms with Gasteiger partial charge in [-0.05, 0) is 257 Å². The van der Waals surface area contributed by atoms with Gasteiger partial charge in [0.05, 0.1) is 6.61 Å². The molecule has 0 saturated carbocycles. The van der Waals surface area contributed by atoms with Gasteiger partial charge in [-0.1, -0.05) is 93.9 Å². The van der Waals surface area contributed by atoms with Gasteiger partial charge < -0.3 is 36.6 Å². The molecule has 0 saturated heterocycles. The first kappa shape index (κ1) is 94.2. The summed E-state index contributed by atoms with van der Waals surface area (Å²) in [5.74, 6) is 7.96. The number of ether oxygens (including phenoxy) is 1. The topological polar surface area (TPSA) is 340 Å². The summed E-state index contributed by atoms with van der Waals surface area (Å²) in [5.41, 5.74) is 19.7. The molecular formula is C97H106Cl2F4N30O. The number of hydrogen-bond donors (Lipinski definition) is 6. The Morgan fingerprint density at radius 1 is 0.373 bits per heavy atom. The first-order valence-electron chi connectivity index (χ1n) is 43.6. The summed E-state index contributed by atoms with van der Waals surface area (Å²) in [6.45, 7) is 25.3. The Morgan fingerprint density at radius 3 is 1.24 bits per heavy atom. The van der Waals surface area contributed by atoms with E-state index in [1.54, 1.807) is 47.7 Å². The third-order valence-electron chi connectivity index (χ3n) is 23.1. The van der Waals surface area contributed by atoms with E-state index >= 15 is 0 Å². The van der Waals surface area contributed by atoms with Gasteiger partial charge in [0.25, 0.3) is 34.7 Å². The Hall–Kier alpha value is -14.5. The lowest BCUT2D eigenvalue weighted by atomic mass is 9.88. The molecule has 692 valence electrons. The maximum Gasteiger partial charge on any atom is 0.337 e. The quantitative estimate of drug-likeness (QED) is 0.0519. The molecule has 4 unspecified atom stereocenters. The number of nitrogens with one attached hydrogen (secondary N) is 6. The minimum absolute atomic E-state index is 0. The number of nitrogens with zero attached hydrogens (tertiary/aromatic N) is 24. The van der Waals surface area contributed by atoms with Gasteiger partial charge in [-0.25, -0.2) is 47.5 Å². The highest BCUT2D eigenvalue weighted by Gasteiger charge is 2.28. The number of hydrogen-bond acceptors (Lipinski definition) is 25. The minimum Gasteiger partial charge on any atom is -0.463 e. The Morgan fingerprint density at radius 2 is 0.769 bits per heavy atom. The molecule has 0 radical (unpaired) electrons. The van der Waals surface area contributed by atoms with Crippen molar-refractivity contribution >= 4 is 104 Å². The maximum absolute atomic E-state index is 13.7. The molecule has 6 N–H and O–H groups in total. The molecule has 22 rings (SSSR count). The van der Waals surface area contributed by atoms with Crippen LogP contribution in [0.3, 0.4) is 0 Å². The Labute approximate surface area is 782 Å².